The van der Waals surface area contributed by atoms with Crippen molar-refractivity contribution in [1.82, 2.24) is 25.2 Å². The summed E-state index contributed by atoms with van der Waals surface area (Å²) in [6.07, 6.45) is 6.31. The number of halogens is 3. The van der Waals surface area contributed by atoms with E-state index in [1.807, 2.05) is 19.2 Å². The molecule has 1 aliphatic carbocycles. The number of pyridine rings is 1. The third kappa shape index (κ3) is 6.60. The quantitative estimate of drug-likeness (QED) is 0.128. The van der Waals surface area contributed by atoms with Gasteiger partial charge in [-0.05, 0) is 79.2 Å². The Morgan fingerprint density at radius 3 is 2.53 bits per heavy atom. The van der Waals surface area contributed by atoms with E-state index in [1.54, 1.807) is 18.3 Å². The minimum absolute atomic E-state index is 0.0655. The topological polar surface area (TPSA) is 66.4 Å². The first kappa shape index (κ1) is 38.2. The van der Waals surface area contributed by atoms with Gasteiger partial charge in [0.05, 0.1) is 16.5 Å². The van der Waals surface area contributed by atoms with E-state index < -0.39 is 31.4 Å². The summed E-state index contributed by atoms with van der Waals surface area (Å²) in [6, 6.07) is 9.26. The molecular weight excluding hydrogens is 714 g/mol. The second-order valence-corrected chi connectivity index (χ2v) is 23.2. The molecule has 4 aliphatic rings. The molecule has 3 saturated heterocycles. The highest BCUT2D eigenvalue weighted by Crippen LogP contribution is 2.44. The highest BCUT2D eigenvalue weighted by Gasteiger charge is 2.50. The molecule has 0 unspecified atom stereocenters. The number of nitrogens with one attached hydrogen (secondary N) is 1. The molecule has 4 aromatic rings. The first-order valence-electron chi connectivity index (χ1n) is 20.4. The average molecular weight is 769 g/mol. The highest BCUT2D eigenvalue weighted by atomic mass is 28.3. The molecule has 8 rings (SSSR count). The molecule has 11 heteroatoms. The third-order valence-electron chi connectivity index (χ3n) is 13.6. The predicted octanol–water partition coefficient (Wildman–Crippen LogP) is 9.22. The fourth-order valence-electron chi connectivity index (χ4n) is 10.7. The van der Waals surface area contributed by atoms with Gasteiger partial charge in [0.15, 0.2) is 5.82 Å². The number of fused-ring (bicyclic) bond motifs is 3. The van der Waals surface area contributed by atoms with Gasteiger partial charge < -0.3 is 15.0 Å². The van der Waals surface area contributed by atoms with Gasteiger partial charge in [-0.1, -0.05) is 71.7 Å². The van der Waals surface area contributed by atoms with E-state index >= 15 is 8.78 Å². The molecule has 4 fully saturated rings. The van der Waals surface area contributed by atoms with Crippen LogP contribution in [-0.2, 0) is 0 Å². The lowest BCUT2D eigenvalue weighted by Crippen LogP contribution is -2.44. The van der Waals surface area contributed by atoms with E-state index in [2.05, 4.69) is 68.1 Å². The summed E-state index contributed by atoms with van der Waals surface area (Å²) in [7, 11) is -0.206. The second kappa shape index (κ2) is 14.7. The van der Waals surface area contributed by atoms with Crippen LogP contribution < -0.4 is 15.0 Å². The van der Waals surface area contributed by atoms with Crippen LogP contribution in [0.15, 0.2) is 36.5 Å². The smallest absolute Gasteiger partial charge is 0.319 e. The van der Waals surface area contributed by atoms with Crippen molar-refractivity contribution in [2.45, 2.75) is 120 Å². The van der Waals surface area contributed by atoms with Gasteiger partial charge in [-0.2, -0.15) is 9.97 Å². The molecule has 0 bridgehead atoms. The Morgan fingerprint density at radius 1 is 1.04 bits per heavy atom. The second-order valence-electron chi connectivity index (χ2n) is 17.6. The molecule has 0 radical (unpaired) electrons. The molecule has 5 heterocycles. The van der Waals surface area contributed by atoms with Crippen molar-refractivity contribution in [3.05, 3.63) is 53.7 Å². The zero-order valence-corrected chi connectivity index (χ0v) is 34.4. The van der Waals surface area contributed by atoms with Crippen molar-refractivity contribution in [2.24, 2.45) is 5.92 Å². The van der Waals surface area contributed by atoms with Gasteiger partial charge in [-0.25, -0.2) is 13.2 Å². The van der Waals surface area contributed by atoms with Crippen molar-refractivity contribution in [2.75, 3.05) is 38.2 Å². The molecule has 3 aliphatic heterocycles. The maximum absolute atomic E-state index is 17.4. The Labute approximate surface area is 324 Å². The van der Waals surface area contributed by atoms with Gasteiger partial charge in [-0.3, -0.25) is 9.88 Å². The van der Waals surface area contributed by atoms with Crippen LogP contribution in [0.5, 0.6) is 6.01 Å². The Bertz CT molecular complexity index is 2140. The van der Waals surface area contributed by atoms with Crippen LogP contribution in [-0.4, -0.2) is 85.0 Å². The number of ether oxygens (including phenoxy) is 1. The Morgan fingerprint density at radius 2 is 1.80 bits per heavy atom. The Balaban J connectivity index is 1.27. The molecule has 0 amide bonds. The lowest BCUT2D eigenvalue weighted by Gasteiger charge is -2.38. The van der Waals surface area contributed by atoms with E-state index in [4.69, 9.17) is 19.7 Å². The van der Waals surface area contributed by atoms with Crippen molar-refractivity contribution in [3.63, 3.8) is 0 Å². The SMILES string of the molecule is CC(C)[Si](C#Cc1c(F)ccc2cccc(-c3ncc4c(N(C)[C@@H]5CCN[C@@H]5C5CC5)nc(OC[C@@]56CCCN5C[C@H](F)C6)nc4c3F)c12)(C(C)C)C(C)C. The summed E-state index contributed by atoms with van der Waals surface area (Å²) in [5.74, 6) is 3.46. The summed E-state index contributed by atoms with van der Waals surface area (Å²) in [5.41, 5.74) is 5.25. The van der Waals surface area contributed by atoms with Crippen LogP contribution in [0.1, 0.15) is 85.6 Å². The maximum atomic E-state index is 17.4. The Hall–Kier alpha value is -3.72. The van der Waals surface area contributed by atoms with E-state index in [1.165, 1.54) is 18.9 Å². The first-order valence-corrected chi connectivity index (χ1v) is 22.7. The third-order valence-corrected chi connectivity index (χ3v) is 19.9. The fraction of sp³-hybridized carbons (Fsp3) is 0.568. The summed E-state index contributed by atoms with van der Waals surface area (Å²) >= 11 is 0. The number of likely N-dealkylation sites (N-methyl/N-ethyl adjacent to an activating group) is 1. The predicted molar refractivity (Wildman–Crippen MR) is 218 cm³/mol. The number of anilines is 1. The number of nitrogens with zero attached hydrogens (tertiary/aromatic N) is 5. The van der Waals surface area contributed by atoms with Gasteiger partial charge in [0.1, 0.15) is 43.7 Å². The molecule has 2 aromatic carbocycles. The van der Waals surface area contributed by atoms with E-state index in [0.717, 1.165) is 37.7 Å². The zero-order chi connectivity index (χ0) is 38.8. The normalized spacial score (nSPS) is 24.3. The zero-order valence-electron chi connectivity index (χ0n) is 33.4. The molecule has 0 spiro atoms. The van der Waals surface area contributed by atoms with Crippen molar-refractivity contribution in [1.29, 1.82) is 0 Å². The molecule has 1 N–H and O–H groups in total. The van der Waals surface area contributed by atoms with Crippen molar-refractivity contribution in [3.8, 4) is 28.7 Å². The van der Waals surface area contributed by atoms with Crippen molar-refractivity contribution >= 4 is 35.6 Å². The van der Waals surface area contributed by atoms with E-state index in [9.17, 15) is 4.39 Å². The Kier molecular flexibility index (Phi) is 10.2. The van der Waals surface area contributed by atoms with E-state index in [-0.39, 0.29) is 35.4 Å². The highest BCUT2D eigenvalue weighted by molar-refractivity contribution is 6.90. The standard InChI is InChI=1S/C44H55F3N6OSi/c1-26(2)55(27(3)4,28(5)6)21-17-32-35(46)15-14-29-10-8-11-33(37(29)32)40-38(47)41-34(23-49-40)42(52(7)36-16-19-48-39(36)30-12-13-30)51-43(50-41)54-25-44-18-9-20-53(44)24-31(45)22-44/h8,10-11,14-15,23,26-28,30-31,36,39,48H,9,12-13,16,18-20,22,24-25H2,1-7H3/t31-,36-,39-,44+/m1/s1. The number of aromatic nitrogens is 3. The molecular formula is C44H55F3N6OSi. The number of benzene rings is 2. The van der Waals surface area contributed by atoms with Crippen molar-refractivity contribution < 1.29 is 17.9 Å². The van der Waals surface area contributed by atoms with Crippen LogP contribution in [0.3, 0.4) is 0 Å². The van der Waals surface area contributed by atoms with E-state index in [0.29, 0.717) is 63.7 Å². The summed E-state index contributed by atoms with van der Waals surface area (Å²) in [4.78, 5) is 18.8. The van der Waals surface area contributed by atoms with Gasteiger partial charge in [0.2, 0.25) is 0 Å². The largest absolute Gasteiger partial charge is 0.461 e. The summed E-state index contributed by atoms with van der Waals surface area (Å²) in [5, 5.41) is 5.47. The van der Waals surface area contributed by atoms with Crippen LogP contribution in [0.25, 0.3) is 32.9 Å². The molecule has 2 aromatic heterocycles. The minimum atomic E-state index is -2.22. The van der Waals surface area contributed by atoms with Gasteiger partial charge >= 0.3 is 6.01 Å². The number of alkyl halides is 1. The van der Waals surface area contributed by atoms with Crippen LogP contribution in [0.4, 0.5) is 19.0 Å². The summed E-state index contributed by atoms with van der Waals surface area (Å²) in [6.45, 7) is 15.8. The average Bonchev–Trinajstić information content (AvgIpc) is 3.61. The van der Waals surface area contributed by atoms with Gasteiger partial charge in [0.25, 0.3) is 0 Å². The maximum Gasteiger partial charge on any atom is 0.319 e. The van der Waals surface area contributed by atoms with Crippen LogP contribution in [0, 0.1) is 29.0 Å². The lowest BCUT2D eigenvalue weighted by molar-refractivity contribution is 0.107. The fourth-order valence-corrected chi connectivity index (χ4v) is 15.9. The van der Waals surface area contributed by atoms with Gasteiger partial charge in [0, 0.05) is 49.2 Å². The molecule has 55 heavy (non-hydrogen) atoms. The number of hydrogen-bond acceptors (Lipinski definition) is 7. The number of rotatable bonds is 10. The molecule has 7 nitrogen and oxygen atoms in total. The molecule has 292 valence electrons. The minimum Gasteiger partial charge on any atom is -0.461 e. The lowest BCUT2D eigenvalue weighted by atomic mass is 9.95. The summed E-state index contributed by atoms with van der Waals surface area (Å²) < 4.78 is 54.5. The molecule has 4 atom stereocenters. The molecule has 1 saturated carbocycles. The van der Waals surface area contributed by atoms with Crippen LogP contribution in [0.2, 0.25) is 16.6 Å². The first-order chi connectivity index (χ1) is 26.3. The monoisotopic (exact) mass is 768 g/mol. The number of hydrogen-bond donors (Lipinski definition) is 1. The van der Waals surface area contributed by atoms with Crippen LogP contribution >= 0.6 is 0 Å². The van der Waals surface area contributed by atoms with Gasteiger partial charge in [-0.15, -0.1) is 5.54 Å².